The van der Waals surface area contributed by atoms with Crippen molar-refractivity contribution >= 4 is 17.6 Å². The molecule has 0 amide bonds. The molecule has 204 valence electrons. The predicted molar refractivity (Wildman–Crippen MR) is 141 cm³/mol. The van der Waals surface area contributed by atoms with Gasteiger partial charge in [-0.05, 0) is 47.2 Å². The zero-order valence-corrected chi connectivity index (χ0v) is 22.1. The van der Waals surface area contributed by atoms with Crippen molar-refractivity contribution < 1.29 is 32.5 Å². The monoisotopic (exact) mass is 549 g/mol. The fourth-order valence-electron chi connectivity index (χ4n) is 4.40. The van der Waals surface area contributed by atoms with Crippen molar-refractivity contribution in [2.24, 2.45) is 0 Å². The van der Waals surface area contributed by atoms with E-state index in [1.165, 1.54) is 6.07 Å². The number of rotatable bonds is 12. The van der Waals surface area contributed by atoms with Crippen LogP contribution in [0.2, 0.25) is 5.02 Å². The number of allylic oxidation sites excluding steroid dienone is 4. The first-order chi connectivity index (χ1) is 18.1. The minimum Gasteiger partial charge on any atom is -0.498 e. The zero-order chi connectivity index (χ0) is 27.7. The van der Waals surface area contributed by atoms with E-state index in [1.807, 2.05) is 31.2 Å². The molecule has 0 fully saturated rings. The molecule has 1 atom stereocenters. The van der Waals surface area contributed by atoms with E-state index < -0.39 is 17.7 Å². The Kier molecular flexibility index (Phi) is 10.4. The molecular weight excluding hydrogens is 519 g/mol. The van der Waals surface area contributed by atoms with Gasteiger partial charge in [-0.3, -0.25) is 4.90 Å². The molecule has 1 N–H and O–H groups in total. The van der Waals surface area contributed by atoms with E-state index in [-0.39, 0.29) is 17.5 Å². The first-order valence-corrected chi connectivity index (χ1v) is 12.6. The number of aliphatic carboxylic acids is 1. The van der Waals surface area contributed by atoms with Gasteiger partial charge in [-0.2, -0.15) is 13.2 Å². The van der Waals surface area contributed by atoms with Gasteiger partial charge in [-0.1, -0.05) is 61.0 Å². The lowest BCUT2D eigenvalue weighted by atomic mass is 9.99. The SMILES string of the molecule is COc1ccccc1C(C)CN(CCCOC1=CC=CC(=CC(=O)O)C1)Cc1cccc(C(F)(F)F)c1Cl. The summed E-state index contributed by atoms with van der Waals surface area (Å²) in [6.45, 7) is 3.76. The molecule has 2 aromatic carbocycles. The summed E-state index contributed by atoms with van der Waals surface area (Å²) in [6, 6.07) is 11.7. The van der Waals surface area contributed by atoms with Crippen LogP contribution in [0.4, 0.5) is 13.2 Å². The lowest BCUT2D eigenvalue weighted by Crippen LogP contribution is -2.30. The Morgan fingerprint density at radius 2 is 1.97 bits per heavy atom. The van der Waals surface area contributed by atoms with Gasteiger partial charge in [0.1, 0.15) is 11.5 Å². The fourth-order valence-corrected chi connectivity index (χ4v) is 4.70. The Hall–Kier alpha value is -3.23. The molecule has 2 aromatic rings. The van der Waals surface area contributed by atoms with Gasteiger partial charge in [-0.15, -0.1) is 0 Å². The van der Waals surface area contributed by atoms with Crippen LogP contribution in [0.1, 0.15) is 42.4 Å². The summed E-state index contributed by atoms with van der Waals surface area (Å²) in [5.74, 6) is 0.434. The number of ether oxygens (including phenoxy) is 2. The zero-order valence-electron chi connectivity index (χ0n) is 21.3. The third kappa shape index (κ3) is 8.39. The van der Waals surface area contributed by atoms with Crippen molar-refractivity contribution in [2.45, 2.75) is 38.4 Å². The first-order valence-electron chi connectivity index (χ1n) is 12.2. The molecular formula is C29H31ClF3NO4. The highest BCUT2D eigenvalue weighted by molar-refractivity contribution is 6.32. The van der Waals surface area contributed by atoms with Gasteiger partial charge < -0.3 is 14.6 Å². The van der Waals surface area contributed by atoms with Crippen molar-refractivity contribution in [3.05, 3.63) is 99.8 Å². The first kappa shape index (κ1) is 29.3. The van der Waals surface area contributed by atoms with Gasteiger partial charge in [0.2, 0.25) is 0 Å². The second-order valence-electron chi connectivity index (χ2n) is 9.08. The van der Waals surface area contributed by atoms with Gasteiger partial charge in [0.25, 0.3) is 0 Å². The van der Waals surface area contributed by atoms with Crippen LogP contribution in [0.5, 0.6) is 5.75 Å². The van der Waals surface area contributed by atoms with E-state index in [2.05, 4.69) is 4.90 Å². The topological polar surface area (TPSA) is 59.0 Å². The molecule has 0 saturated heterocycles. The van der Waals surface area contributed by atoms with Gasteiger partial charge in [-0.25, -0.2) is 4.79 Å². The number of hydrogen-bond acceptors (Lipinski definition) is 4. The minimum absolute atomic E-state index is 0.0338. The molecule has 1 aliphatic rings. The van der Waals surface area contributed by atoms with Crippen LogP contribution in [0.3, 0.4) is 0 Å². The van der Waals surface area contributed by atoms with Crippen LogP contribution in [-0.4, -0.2) is 42.8 Å². The summed E-state index contributed by atoms with van der Waals surface area (Å²) in [7, 11) is 1.61. The van der Waals surface area contributed by atoms with Crippen LogP contribution in [0.15, 0.2) is 78.1 Å². The lowest BCUT2D eigenvalue weighted by Gasteiger charge is -2.28. The largest absolute Gasteiger partial charge is 0.498 e. The summed E-state index contributed by atoms with van der Waals surface area (Å²) < 4.78 is 51.6. The van der Waals surface area contributed by atoms with Crippen molar-refractivity contribution in [3.63, 3.8) is 0 Å². The molecule has 0 aliphatic heterocycles. The van der Waals surface area contributed by atoms with E-state index in [4.69, 9.17) is 26.2 Å². The van der Waals surface area contributed by atoms with E-state index in [0.29, 0.717) is 49.4 Å². The third-order valence-electron chi connectivity index (χ3n) is 6.17. The summed E-state index contributed by atoms with van der Waals surface area (Å²) in [4.78, 5) is 13.0. The molecule has 1 unspecified atom stereocenters. The summed E-state index contributed by atoms with van der Waals surface area (Å²) >= 11 is 6.20. The molecule has 0 radical (unpaired) electrons. The van der Waals surface area contributed by atoms with E-state index in [0.717, 1.165) is 23.5 Å². The second-order valence-corrected chi connectivity index (χ2v) is 9.46. The third-order valence-corrected chi connectivity index (χ3v) is 6.61. The van der Waals surface area contributed by atoms with Crippen molar-refractivity contribution in [1.29, 1.82) is 0 Å². The molecule has 1 aliphatic carbocycles. The number of nitrogens with zero attached hydrogens (tertiary/aromatic N) is 1. The summed E-state index contributed by atoms with van der Waals surface area (Å²) in [5.41, 5.74) is 1.20. The van der Waals surface area contributed by atoms with Crippen LogP contribution < -0.4 is 4.74 Å². The quantitative estimate of drug-likeness (QED) is 0.223. The molecule has 0 spiro atoms. The number of para-hydroxylation sites is 1. The number of alkyl halides is 3. The average Bonchev–Trinajstić information content (AvgIpc) is 2.86. The molecule has 9 heteroatoms. The number of carboxylic acids is 1. The molecule has 38 heavy (non-hydrogen) atoms. The number of carbonyl (C=O) groups is 1. The molecule has 3 rings (SSSR count). The smallest absolute Gasteiger partial charge is 0.417 e. The van der Waals surface area contributed by atoms with Crippen molar-refractivity contribution in [3.8, 4) is 5.75 Å². The Labute approximate surface area is 225 Å². The number of carboxylic acid groups (broad SMARTS) is 1. The van der Waals surface area contributed by atoms with E-state index in [1.54, 1.807) is 31.4 Å². The van der Waals surface area contributed by atoms with Gasteiger partial charge in [0, 0.05) is 32.1 Å². The lowest BCUT2D eigenvalue weighted by molar-refractivity contribution is -0.137. The number of halogens is 4. The van der Waals surface area contributed by atoms with E-state index >= 15 is 0 Å². The number of hydrogen-bond donors (Lipinski definition) is 1. The fraction of sp³-hybridized carbons (Fsp3) is 0.345. The maximum absolute atomic E-state index is 13.4. The normalized spacial score (nSPS) is 15.4. The summed E-state index contributed by atoms with van der Waals surface area (Å²) in [5, 5.41) is 8.67. The van der Waals surface area contributed by atoms with Gasteiger partial charge in [0.15, 0.2) is 0 Å². The molecule has 0 saturated carbocycles. The maximum Gasteiger partial charge on any atom is 0.417 e. The van der Waals surface area contributed by atoms with Crippen LogP contribution in [0, 0.1) is 0 Å². The van der Waals surface area contributed by atoms with Crippen LogP contribution in [-0.2, 0) is 22.3 Å². The van der Waals surface area contributed by atoms with Gasteiger partial charge >= 0.3 is 12.1 Å². The predicted octanol–water partition coefficient (Wildman–Crippen LogP) is 7.23. The average molecular weight is 550 g/mol. The Morgan fingerprint density at radius 1 is 1.21 bits per heavy atom. The Bertz CT molecular complexity index is 1210. The molecule has 5 nitrogen and oxygen atoms in total. The standard InChI is InChI=1S/C29H31ClF3NO4/c1-20(24-11-3-4-13-26(24)37-2)18-34(19-22-9-6-12-25(28(22)30)29(31,32)33)14-7-15-38-23-10-5-8-21(16-23)17-27(35)36/h3-6,8-13,17,20H,7,14-16,18-19H2,1-2H3,(H,35,36). The maximum atomic E-state index is 13.4. The minimum atomic E-state index is -4.54. The highest BCUT2D eigenvalue weighted by Crippen LogP contribution is 2.37. The molecule has 0 heterocycles. The van der Waals surface area contributed by atoms with Gasteiger partial charge in [0.05, 0.1) is 24.3 Å². The second kappa shape index (κ2) is 13.5. The highest BCUT2D eigenvalue weighted by Gasteiger charge is 2.34. The van der Waals surface area contributed by atoms with E-state index in [9.17, 15) is 18.0 Å². The Balaban J connectivity index is 1.71. The van der Waals surface area contributed by atoms with Crippen molar-refractivity contribution in [2.75, 3.05) is 26.8 Å². The van der Waals surface area contributed by atoms with Crippen LogP contribution in [0.25, 0.3) is 0 Å². The number of methoxy groups -OCH3 is 1. The highest BCUT2D eigenvalue weighted by atomic mass is 35.5. The molecule has 0 bridgehead atoms. The summed E-state index contributed by atoms with van der Waals surface area (Å²) in [6.07, 6.45) is 2.86. The van der Waals surface area contributed by atoms with Crippen LogP contribution >= 0.6 is 11.6 Å². The Morgan fingerprint density at radius 3 is 2.68 bits per heavy atom. The molecule has 0 aromatic heterocycles. The number of benzene rings is 2. The van der Waals surface area contributed by atoms with Crippen molar-refractivity contribution in [1.82, 2.24) is 4.90 Å².